The molecule has 1 aromatic heterocycles. The minimum atomic E-state index is 0.229. The van der Waals surface area contributed by atoms with E-state index in [1.54, 1.807) is 11.3 Å². The Morgan fingerprint density at radius 1 is 1.39 bits per heavy atom. The average molecular weight is 336 g/mol. The molecule has 5 heteroatoms. The van der Waals surface area contributed by atoms with Crippen LogP contribution in [0.15, 0.2) is 5.38 Å². The van der Waals surface area contributed by atoms with Crippen LogP contribution in [-0.2, 0) is 4.79 Å². The number of likely N-dealkylation sites (tertiary alicyclic amines) is 1. The molecule has 1 amide bonds. The zero-order valence-corrected chi connectivity index (χ0v) is 15.1. The topological polar surface area (TPSA) is 59.2 Å². The lowest BCUT2D eigenvalue weighted by Gasteiger charge is -2.33. The zero-order valence-electron chi connectivity index (χ0n) is 14.3. The van der Waals surface area contributed by atoms with E-state index in [9.17, 15) is 4.79 Å². The fraction of sp³-hybridized carbons (Fsp3) is 0.778. The van der Waals surface area contributed by atoms with E-state index in [1.165, 1.54) is 17.1 Å². The highest BCUT2D eigenvalue weighted by Gasteiger charge is 2.31. The van der Waals surface area contributed by atoms with Crippen molar-refractivity contribution in [2.45, 2.75) is 70.3 Å². The summed E-state index contributed by atoms with van der Waals surface area (Å²) < 4.78 is 0. The van der Waals surface area contributed by atoms with Crippen molar-refractivity contribution in [3.63, 3.8) is 0 Å². The first kappa shape index (κ1) is 16.9. The van der Waals surface area contributed by atoms with Crippen LogP contribution in [0.4, 0.5) is 0 Å². The molecule has 23 heavy (non-hydrogen) atoms. The molecule has 0 aromatic carbocycles. The third kappa shape index (κ3) is 3.94. The molecule has 2 N–H and O–H groups in total. The van der Waals surface area contributed by atoms with E-state index in [0.29, 0.717) is 30.1 Å². The molecule has 2 aliphatic rings. The van der Waals surface area contributed by atoms with Gasteiger partial charge >= 0.3 is 0 Å². The minimum Gasteiger partial charge on any atom is -0.342 e. The van der Waals surface area contributed by atoms with Gasteiger partial charge in [-0.25, -0.2) is 4.98 Å². The second-order valence-electron chi connectivity index (χ2n) is 7.50. The van der Waals surface area contributed by atoms with Crippen LogP contribution >= 0.6 is 11.3 Å². The van der Waals surface area contributed by atoms with E-state index in [0.717, 1.165) is 38.8 Å². The molecule has 1 aliphatic carbocycles. The molecule has 0 bridgehead atoms. The summed E-state index contributed by atoms with van der Waals surface area (Å²) in [5.41, 5.74) is 7.31. The highest BCUT2D eigenvalue weighted by molar-refractivity contribution is 7.09. The predicted molar refractivity (Wildman–Crippen MR) is 94.7 cm³/mol. The fourth-order valence-corrected chi connectivity index (χ4v) is 4.94. The van der Waals surface area contributed by atoms with Gasteiger partial charge in [0.1, 0.15) is 0 Å². The molecular formula is C18H29N3OS. The predicted octanol–water partition coefficient (Wildman–Crippen LogP) is 3.49. The van der Waals surface area contributed by atoms with Gasteiger partial charge in [0, 0.05) is 36.9 Å². The number of nitrogens with two attached hydrogens (primary N) is 1. The normalized spacial score (nSPS) is 28.5. The molecule has 1 aliphatic heterocycles. The molecule has 1 aromatic rings. The van der Waals surface area contributed by atoms with E-state index < -0.39 is 0 Å². The van der Waals surface area contributed by atoms with Crippen LogP contribution in [0.5, 0.6) is 0 Å². The molecule has 0 spiro atoms. The molecule has 2 heterocycles. The Morgan fingerprint density at radius 2 is 2.22 bits per heavy atom. The number of carbonyl (C=O) groups is 1. The monoisotopic (exact) mass is 335 g/mol. The Kier molecular flexibility index (Phi) is 5.37. The van der Waals surface area contributed by atoms with Gasteiger partial charge in [0.15, 0.2) is 0 Å². The lowest BCUT2D eigenvalue weighted by molar-refractivity contribution is -0.133. The molecule has 2 fully saturated rings. The van der Waals surface area contributed by atoms with Crippen molar-refractivity contribution in [3.8, 4) is 0 Å². The van der Waals surface area contributed by atoms with Crippen LogP contribution in [0.2, 0.25) is 0 Å². The number of nitrogens with zero attached hydrogens (tertiary/aromatic N) is 2. The maximum absolute atomic E-state index is 12.6. The van der Waals surface area contributed by atoms with Crippen molar-refractivity contribution in [2.24, 2.45) is 11.7 Å². The van der Waals surface area contributed by atoms with Crippen molar-refractivity contribution < 1.29 is 4.79 Å². The summed E-state index contributed by atoms with van der Waals surface area (Å²) in [6, 6.07) is 0.229. The van der Waals surface area contributed by atoms with Gasteiger partial charge in [-0.1, -0.05) is 20.3 Å². The third-order valence-electron chi connectivity index (χ3n) is 5.41. The lowest BCUT2D eigenvalue weighted by atomic mass is 9.95. The van der Waals surface area contributed by atoms with Gasteiger partial charge < -0.3 is 10.6 Å². The summed E-state index contributed by atoms with van der Waals surface area (Å²) in [6.07, 6.45) is 6.26. The van der Waals surface area contributed by atoms with Gasteiger partial charge in [-0.3, -0.25) is 4.79 Å². The van der Waals surface area contributed by atoms with Gasteiger partial charge in [0.2, 0.25) is 5.91 Å². The third-order valence-corrected chi connectivity index (χ3v) is 6.43. The summed E-state index contributed by atoms with van der Waals surface area (Å²) >= 11 is 1.76. The second kappa shape index (κ2) is 7.31. The molecule has 1 unspecified atom stereocenters. The van der Waals surface area contributed by atoms with Crippen LogP contribution in [0.1, 0.15) is 74.9 Å². The number of rotatable bonds is 4. The van der Waals surface area contributed by atoms with Crippen molar-refractivity contribution in [1.29, 1.82) is 0 Å². The number of thiazole rings is 1. The van der Waals surface area contributed by atoms with Crippen molar-refractivity contribution in [1.82, 2.24) is 9.88 Å². The van der Waals surface area contributed by atoms with E-state index >= 15 is 0 Å². The Hall–Kier alpha value is -0.940. The van der Waals surface area contributed by atoms with Gasteiger partial charge in [-0.05, 0) is 37.5 Å². The summed E-state index contributed by atoms with van der Waals surface area (Å²) in [4.78, 5) is 19.5. The number of hydrogen-bond donors (Lipinski definition) is 1. The molecule has 1 saturated carbocycles. The van der Waals surface area contributed by atoms with Gasteiger partial charge in [-0.2, -0.15) is 0 Å². The van der Waals surface area contributed by atoms with Crippen LogP contribution in [0, 0.1) is 5.92 Å². The van der Waals surface area contributed by atoms with Crippen molar-refractivity contribution in [2.75, 3.05) is 13.1 Å². The molecule has 0 radical (unpaired) electrons. The van der Waals surface area contributed by atoms with Gasteiger partial charge in [-0.15, -0.1) is 11.3 Å². The first-order valence-corrected chi connectivity index (χ1v) is 9.91. The molecule has 128 valence electrons. The van der Waals surface area contributed by atoms with Crippen LogP contribution in [-0.4, -0.2) is 34.9 Å². The average Bonchev–Trinajstić information content (AvgIpc) is 3.17. The van der Waals surface area contributed by atoms with E-state index in [-0.39, 0.29) is 6.04 Å². The Balaban J connectivity index is 1.59. The molecule has 3 rings (SSSR count). The van der Waals surface area contributed by atoms with E-state index in [2.05, 4.69) is 24.1 Å². The summed E-state index contributed by atoms with van der Waals surface area (Å²) in [5.74, 6) is 1.60. The highest BCUT2D eigenvalue weighted by atomic mass is 32.1. The maximum atomic E-state index is 12.6. The van der Waals surface area contributed by atoms with Crippen molar-refractivity contribution >= 4 is 17.2 Å². The molecular weight excluding hydrogens is 306 g/mol. The number of carbonyl (C=O) groups excluding carboxylic acids is 1. The highest BCUT2D eigenvalue weighted by Crippen LogP contribution is 2.32. The summed E-state index contributed by atoms with van der Waals surface area (Å²) in [7, 11) is 0. The fourth-order valence-electron chi connectivity index (χ4n) is 3.83. The zero-order chi connectivity index (χ0) is 16.4. The molecule has 3 atom stereocenters. The van der Waals surface area contributed by atoms with Gasteiger partial charge in [0.25, 0.3) is 0 Å². The maximum Gasteiger partial charge on any atom is 0.222 e. The summed E-state index contributed by atoms with van der Waals surface area (Å²) in [5, 5.41) is 3.39. The Bertz CT molecular complexity index is 542. The van der Waals surface area contributed by atoms with Crippen LogP contribution in [0.25, 0.3) is 0 Å². The van der Waals surface area contributed by atoms with Crippen molar-refractivity contribution in [3.05, 3.63) is 16.1 Å². The van der Waals surface area contributed by atoms with E-state index in [4.69, 9.17) is 10.7 Å². The number of aromatic nitrogens is 1. The minimum absolute atomic E-state index is 0.229. The number of amides is 1. The van der Waals surface area contributed by atoms with E-state index in [1.807, 2.05) is 0 Å². The van der Waals surface area contributed by atoms with Crippen LogP contribution in [0.3, 0.4) is 0 Å². The van der Waals surface area contributed by atoms with Crippen LogP contribution < -0.4 is 5.73 Å². The SMILES string of the molecule is CC(C)c1csc(C2CCCN(C(=O)C[C@@H]3CCC[C@H]3N)C2)n1. The Morgan fingerprint density at radius 3 is 2.87 bits per heavy atom. The smallest absolute Gasteiger partial charge is 0.222 e. The quantitative estimate of drug-likeness (QED) is 0.916. The lowest BCUT2D eigenvalue weighted by Crippen LogP contribution is -2.41. The first-order chi connectivity index (χ1) is 11.0. The van der Waals surface area contributed by atoms with Gasteiger partial charge in [0.05, 0.1) is 10.7 Å². The second-order valence-corrected chi connectivity index (χ2v) is 8.39. The molecule has 4 nitrogen and oxygen atoms in total. The largest absolute Gasteiger partial charge is 0.342 e. The molecule has 1 saturated heterocycles. The number of piperidine rings is 1. The standard InChI is InChI=1S/C18H29N3OS/c1-12(2)16-11-23-18(20-16)14-6-4-8-21(10-14)17(22)9-13-5-3-7-15(13)19/h11-15H,3-10,19H2,1-2H3/t13-,14?,15+/m0/s1. The Labute approximate surface area is 143 Å². The number of hydrogen-bond acceptors (Lipinski definition) is 4. The summed E-state index contributed by atoms with van der Waals surface area (Å²) in [6.45, 7) is 6.10. The first-order valence-electron chi connectivity index (χ1n) is 9.03.